The van der Waals surface area contributed by atoms with E-state index in [1.807, 2.05) is 11.8 Å². The first-order valence-corrected chi connectivity index (χ1v) is 8.47. The standard InChI is InChI=1S/C17H32N2O2/c1-6-15-16(20)18-14(11-13(4)5)17(21)19(15)10-8-7-9-12(2)3/h12-15H,6-11H2,1-5H3,(H,18,20). The molecule has 2 amide bonds. The van der Waals surface area contributed by atoms with E-state index in [0.717, 1.165) is 19.3 Å². The maximum absolute atomic E-state index is 12.6. The van der Waals surface area contributed by atoms with E-state index >= 15 is 0 Å². The van der Waals surface area contributed by atoms with E-state index in [1.54, 1.807) is 0 Å². The molecule has 1 saturated heterocycles. The molecule has 0 aromatic carbocycles. The van der Waals surface area contributed by atoms with Crippen LogP contribution >= 0.6 is 0 Å². The quantitative estimate of drug-likeness (QED) is 0.700. The van der Waals surface area contributed by atoms with Crippen LogP contribution < -0.4 is 5.32 Å². The fourth-order valence-electron chi connectivity index (χ4n) is 2.96. The van der Waals surface area contributed by atoms with Crippen molar-refractivity contribution < 1.29 is 9.59 Å². The van der Waals surface area contributed by atoms with Crippen LogP contribution in [-0.2, 0) is 9.59 Å². The van der Waals surface area contributed by atoms with Crippen molar-refractivity contribution in [3.05, 3.63) is 0 Å². The topological polar surface area (TPSA) is 49.4 Å². The summed E-state index contributed by atoms with van der Waals surface area (Å²) in [6.45, 7) is 11.3. The van der Waals surface area contributed by atoms with Gasteiger partial charge < -0.3 is 10.2 Å². The van der Waals surface area contributed by atoms with Crippen LogP contribution in [0.4, 0.5) is 0 Å². The molecule has 0 spiro atoms. The van der Waals surface area contributed by atoms with Gasteiger partial charge in [-0.15, -0.1) is 0 Å². The Labute approximate surface area is 129 Å². The summed E-state index contributed by atoms with van der Waals surface area (Å²) < 4.78 is 0. The molecule has 1 heterocycles. The van der Waals surface area contributed by atoms with Gasteiger partial charge in [-0.2, -0.15) is 0 Å². The number of piperazine rings is 1. The van der Waals surface area contributed by atoms with Crippen molar-refractivity contribution in [2.45, 2.75) is 78.8 Å². The van der Waals surface area contributed by atoms with Crippen LogP contribution in [0.3, 0.4) is 0 Å². The molecule has 0 aliphatic carbocycles. The Morgan fingerprint density at radius 2 is 1.76 bits per heavy atom. The first-order chi connectivity index (χ1) is 9.86. The van der Waals surface area contributed by atoms with E-state index in [9.17, 15) is 9.59 Å². The fourth-order valence-corrected chi connectivity index (χ4v) is 2.96. The van der Waals surface area contributed by atoms with Crippen LogP contribution in [0.1, 0.15) is 66.7 Å². The number of carbonyl (C=O) groups excluding carboxylic acids is 2. The monoisotopic (exact) mass is 296 g/mol. The Morgan fingerprint density at radius 1 is 1.10 bits per heavy atom. The maximum atomic E-state index is 12.6. The van der Waals surface area contributed by atoms with Gasteiger partial charge in [-0.3, -0.25) is 9.59 Å². The van der Waals surface area contributed by atoms with Crippen molar-refractivity contribution in [1.82, 2.24) is 10.2 Å². The summed E-state index contributed by atoms with van der Waals surface area (Å²) in [6.07, 6.45) is 4.70. The molecular formula is C17H32N2O2. The minimum Gasteiger partial charge on any atom is -0.342 e. The van der Waals surface area contributed by atoms with E-state index in [4.69, 9.17) is 0 Å². The largest absolute Gasteiger partial charge is 0.342 e. The Kier molecular flexibility index (Phi) is 7.20. The highest BCUT2D eigenvalue weighted by Crippen LogP contribution is 2.19. The number of unbranched alkanes of at least 4 members (excludes halogenated alkanes) is 1. The molecule has 1 N–H and O–H groups in total. The first kappa shape index (κ1) is 18.0. The molecule has 4 nitrogen and oxygen atoms in total. The first-order valence-electron chi connectivity index (χ1n) is 8.47. The second-order valence-corrected chi connectivity index (χ2v) is 7.04. The van der Waals surface area contributed by atoms with Crippen LogP contribution in [0.15, 0.2) is 0 Å². The predicted octanol–water partition coefficient (Wildman–Crippen LogP) is 2.96. The third kappa shape index (κ3) is 5.33. The third-order valence-electron chi connectivity index (χ3n) is 4.10. The molecule has 21 heavy (non-hydrogen) atoms. The summed E-state index contributed by atoms with van der Waals surface area (Å²) >= 11 is 0. The molecule has 0 aromatic rings. The van der Waals surface area contributed by atoms with Gasteiger partial charge >= 0.3 is 0 Å². The van der Waals surface area contributed by atoms with Gasteiger partial charge in [0, 0.05) is 6.54 Å². The summed E-state index contributed by atoms with van der Waals surface area (Å²) in [5, 5.41) is 2.91. The summed E-state index contributed by atoms with van der Waals surface area (Å²) in [4.78, 5) is 26.6. The zero-order valence-corrected chi connectivity index (χ0v) is 14.3. The second-order valence-electron chi connectivity index (χ2n) is 7.04. The van der Waals surface area contributed by atoms with Crippen molar-refractivity contribution in [3.63, 3.8) is 0 Å². The molecule has 1 aliphatic heterocycles. The summed E-state index contributed by atoms with van der Waals surface area (Å²) in [5.41, 5.74) is 0. The smallest absolute Gasteiger partial charge is 0.245 e. The maximum Gasteiger partial charge on any atom is 0.245 e. The number of carbonyl (C=O) groups is 2. The normalized spacial score (nSPS) is 23.1. The van der Waals surface area contributed by atoms with Gasteiger partial charge in [0.25, 0.3) is 0 Å². The lowest BCUT2D eigenvalue weighted by Gasteiger charge is -2.39. The number of amides is 2. The lowest BCUT2D eigenvalue weighted by Crippen LogP contribution is -2.63. The summed E-state index contributed by atoms with van der Waals surface area (Å²) in [7, 11) is 0. The van der Waals surface area contributed by atoms with Crippen LogP contribution in [-0.4, -0.2) is 35.3 Å². The Morgan fingerprint density at radius 3 is 2.29 bits per heavy atom. The Bertz CT molecular complexity index is 353. The van der Waals surface area contributed by atoms with E-state index in [-0.39, 0.29) is 23.9 Å². The van der Waals surface area contributed by atoms with E-state index < -0.39 is 0 Å². The molecule has 0 radical (unpaired) electrons. The van der Waals surface area contributed by atoms with Crippen LogP contribution in [0.2, 0.25) is 0 Å². The number of hydrogen-bond acceptors (Lipinski definition) is 2. The van der Waals surface area contributed by atoms with E-state index in [1.165, 1.54) is 6.42 Å². The lowest BCUT2D eigenvalue weighted by molar-refractivity contribution is -0.150. The average Bonchev–Trinajstić information content (AvgIpc) is 2.38. The van der Waals surface area contributed by atoms with Crippen LogP contribution in [0, 0.1) is 11.8 Å². The highest BCUT2D eigenvalue weighted by atomic mass is 16.2. The molecule has 0 saturated carbocycles. The van der Waals surface area contributed by atoms with Crippen molar-refractivity contribution in [3.8, 4) is 0 Å². The molecule has 2 unspecified atom stereocenters. The van der Waals surface area contributed by atoms with Crippen molar-refractivity contribution >= 4 is 11.8 Å². The summed E-state index contributed by atoms with van der Waals surface area (Å²) in [5.74, 6) is 1.23. The van der Waals surface area contributed by atoms with Crippen molar-refractivity contribution in [2.24, 2.45) is 11.8 Å². The SMILES string of the molecule is CCC1C(=O)NC(CC(C)C)C(=O)N1CCCCC(C)C. The van der Waals surface area contributed by atoms with Crippen LogP contribution in [0.5, 0.6) is 0 Å². The molecule has 1 rings (SSSR count). The van der Waals surface area contributed by atoms with Crippen molar-refractivity contribution in [2.75, 3.05) is 6.54 Å². The van der Waals surface area contributed by atoms with Crippen molar-refractivity contribution in [1.29, 1.82) is 0 Å². The number of nitrogens with zero attached hydrogens (tertiary/aromatic N) is 1. The highest BCUT2D eigenvalue weighted by Gasteiger charge is 2.39. The number of hydrogen-bond donors (Lipinski definition) is 1. The highest BCUT2D eigenvalue weighted by molar-refractivity contribution is 5.96. The minimum absolute atomic E-state index is 0.0200. The zero-order valence-electron chi connectivity index (χ0n) is 14.3. The average molecular weight is 296 g/mol. The van der Waals surface area contributed by atoms with Gasteiger partial charge in [-0.25, -0.2) is 0 Å². The molecule has 0 aromatic heterocycles. The molecule has 0 bridgehead atoms. The lowest BCUT2D eigenvalue weighted by atomic mass is 9.97. The summed E-state index contributed by atoms with van der Waals surface area (Å²) in [6, 6.07) is -0.606. The van der Waals surface area contributed by atoms with Gasteiger partial charge in [0.2, 0.25) is 11.8 Å². The number of nitrogens with one attached hydrogen (secondary N) is 1. The predicted molar refractivity (Wildman–Crippen MR) is 85.9 cm³/mol. The Hall–Kier alpha value is -1.06. The van der Waals surface area contributed by atoms with Gasteiger partial charge in [0.1, 0.15) is 12.1 Å². The molecule has 4 heteroatoms. The molecule has 1 aliphatic rings. The van der Waals surface area contributed by atoms with Gasteiger partial charge in [-0.05, 0) is 31.1 Å². The van der Waals surface area contributed by atoms with Gasteiger partial charge in [0.15, 0.2) is 0 Å². The minimum atomic E-state index is -0.328. The fraction of sp³-hybridized carbons (Fsp3) is 0.882. The van der Waals surface area contributed by atoms with Gasteiger partial charge in [0.05, 0.1) is 0 Å². The number of rotatable bonds is 8. The molecule has 2 atom stereocenters. The zero-order chi connectivity index (χ0) is 16.0. The molecule has 1 fully saturated rings. The molecular weight excluding hydrogens is 264 g/mol. The van der Waals surface area contributed by atoms with E-state index in [0.29, 0.717) is 24.8 Å². The molecule has 122 valence electrons. The Balaban J connectivity index is 2.65. The van der Waals surface area contributed by atoms with Crippen LogP contribution in [0.25, 0.3) is 0 Å². The third-order valence-corrected chi connectivity index (χ3v) is 4.10. The van der Waals surface area contributed by atoms with E-state index in [2.05, 4.69) is 33.0 Å². The van der Waals surface area contributed by atoms with Gasteiger partial charge in [-0.1, -0.05) is 47.5 Å². The second kappa shape index (κ2) is 8.40.